The van der Waals surface area contributed by atoms with Gasteiger partial charge in [-0.25, -0.2) is 4.68 Å². The van der Waals surface area contributed by atoms with Gasteiger partial charge in [0.15, 0.2) is 0 Å². The van der Waals surface area contributed by atoms with Crippen molar-refractivity contribution in [2.24, 2.45) is 5.92 Å². The smallest absolute Gasteiger partial charge is 0.258 e. The van der Waals surface area contributed by atoms with Crippen LogP contribution in [0.3, 0.4) is 0 Å². The van der Waals surface area contributed by atoms with E-state index < -0.39 is 8.32 Å². The Kier molecular flexibility index (Phi) is 6.73. The molecule has 0 N–H and O–H groups in total. The molecular weight excluding hydrogens is 480 g/mol. The van der Waals surface area contributed by atoms with Gasteiger partial charge < -0.3 is 9.16 Å². The van der Waals surface area contributed by atoms with Crippen molar-refractivity contribution in [2.75, 3.05) is 6.61 Å². The molecule has 2 aromatic carbocycles. The van der Waals surface area contributed by atoms with Crippen molar-refractivity contribution in [2.45, 2.75) is 71.0 Å². The van der Waals surface area contributed by atoms with E-state index in [-0.39, 0.29) is 0 Å². The van der Waals surface area contributed by atoms with Crippen LogP contribution < -0.4 is 9.16 Å². The summed E-state index contributed by atoms with van der Waals surface area (Å²) in [6.45, 7) is 14.7. The highest BCUT2D eigenvalue weighted by molar-refractivity contribution is 9.10. The largest absolute Gasteiger partial charge is 0.543 e. The van der Waals surface area contributed by atoms with Crippen LogP contribution in [0.25, 0.3) is 16.6 Å². The van der Waals surface area contributed by atoms with E-state index in [0.717, 1.165) is 45.1 Å². The fourth-order valence-corrected chi connectivity index (χ4v) is 10.8. The zero-order valence-corrected chi connectivity index (χ0v) is 22.6. The van der Waals surface area contributed by atoms with E-state index in [1.165, 1.54) is 12.8 Å². The predicted molar refractivity (Wildman–Crippen MR) is 139 cm³/mol. The normalized spacial score (nSPS) is 14.7. The van der Waals surface area contributed by atoms with Crippen LogP contribution in [0.1, 0.15) is 54.4 Å². The Morgan fingerprint density at radius 2 is 1.59 bits per heavy atom. The van der Waals surface area contributed by atoms with Gasteiger partial charge in [0.05, 0.1) is 16.8 Å². The number of rotatable bonds is 9. The molecule has 1 aliphatic carbocycles. The summed E-state index contributed by atoms with van der Waals surface area (Å²) in [5.41, 5.74) is 3.59. The molecule has 0 saturated heterocycles. The summed E-state index contributed by atoms with van der Waals surface area (Å²) in [7, 11) is -1.96. The molecule has 6 heteroatoms. The zero-order valence-electron chi connectivity index (χ0n) is 20.1. The number of benzene rings is 2. The van der Waals surface area contributed by atoms with Crippen molar-refractivity contribution in [3.63, 3.8) is 0 Å². The minimum atomic E-state index is -1.96. The van der Waals surface area contributed by atoms with Crippen molar-refractivity contribution < 1.29 is 9.16 Å². The Balaban J connectivity index is 1.57. The van der Waals surface area contributed by atoms with Crippen LogP contribution in [-0.4, -0.2) is 24.7 Å². The Hall–Kier alpha value is -1.79. The lowest BCUT2D eigenvalue weighted by Gasteiger charge is -2.42. The Labute approximate surface area is 201 Å². The first kappa shape index (κ1) is 23.4. The lowest BCUT2D eigenvalue weighted by molar-refractivity contribution is 0.298. The van der Waals surface area contributed by atoms with E-state index in [9.17, 15) is 0 Å². The third-order valence-electron chi connectivity index (χ3n) is 6.86. The number of nitrogens with zero attached hydrogens (tertiary/aromatic N) is 2. The first-order chi connectivity index (χ1) is 15.2. The second kappa shape index (κ2) is 9.22. The molecule has 1 aromatic heterocycles. The van der Waals surface area contributed by atoms with Crippen LogP contribution in [0.15, 0.2) is 47.1 Å². The van der Waals surface area contributed by atoms with Gasteiger partial charge in [0, 0.05) is 11.6 Å². The monoisotopic (exact) mass is 514 g/mol. The topological polar surface area (TPSA) is 36.3 Å². The van der Waals surface area contributed by atoms with E-state index in [1.807, 2.05) is 10.7 Å². The van der Waals surface area contributed by atoms with Gasteiger partial charge in [-0.2, -0.15) is 5.10 Å². The minimum absolute atomic E-state index is 0.548. The van der Waals surface area contributed by atoms with Crippen LogP contribution in [0.4, 0.5) is 0 Å². The SMILES string of the molecule is CC(C)[Si](Oc1ccc(-n2cc3ccc(OCC4CC4)c(Br)c3n2)cc1)(C(C)C)C(C)C. The summed E-state index contributed by atoms with van der Waals surface area (Å²) in [6.07, 6.45) is 4.63. The van der Waals surface area contributed by atoms with Crippen LogP contribution in [-0.2, 0) is 0 Å². The van der Waals surface area contributed by atoms with Gasteiger partial charge in [0.25, 0.3) is 8.32 Å². The van der Waals surface area contributed by atoms with Gasteiger partial charge in [-0.05, 0) is 87.7 Å². The van der Waals surface area contributed by atoms with Gasteiger partial charge in [-0.1, -0.05) is 41.5 Å². The number of ether oxygens (including phenoxy) is 1. The number of aromatic nitrogens is 2. The molecule has 1 fully saturated rings. The van der Waals surface area contributed by atoms with Crippen molar-refractivity contribution in [3.8, 4) is 17.2 Å². The molecule has 4 nitrogen and oxygen atoms in total. The maximum atomic E-state index is 6.81. The summed E-state index contributed by atoms with van der Waals surface area (Å²) in [6, 6.07) is 12.5. The van der Waals surface area contributed by atoms with Crippen molar-refractivity contribution in [3.05, 3.63) is 47.1 Å². The second-order valence-corrected chi connectivity index (χ2v) is 16.2. The van der Waals surface area contributed by atoms with Gasteiger partial charge in [0.1, 0.15) is 17.0 Å². The third kappa shape index (κ3) is 4.49. The molecule has 172 valence electrons. The number of hydrogen-bond acceptors (Lipinski definition) is 3. The Morgan fingerprint density at radius 1 is 0.969 bits per heavy atom. The second-order valence-electron chi connectivity index (χ2n) is 10.1. The highest BCUT2D eigenvalue weighted by atomic mass is 79.9. The molecule has 0 amide bonds. The van der Waals surface area contributed by atoms with E-state index >= 15 is 0 Å². The van der Waals surface area contributed by atoms with E-state index in [4.69, 9.17) is 14.3 Å². The summed E-state index contributed by atoms with van der Waals surface area (Å²) < 4.78 is 15.7. The number of hydrogen-bond donors (Lipinski definition) is 0. The number of halogens is 1. The third-order valence-corrected chi connectivity index (χ3v) is 13.6. The first-order valence-corrected chi connectivity index (χ1v) is 14.8. The molecule has 0 spiro atoms. The summed E-state index contributed by atoms with van der Waals surface area (Å²) >= 11 is 3.71. The highest BCUT2D eigenvalue weighted by Crippen LogP contribution is 2.43. The first-order valence-electron chi connectivity index (χ1n) is 11.8. The van der Waals surface area contributed by atoms with Crippen molar-refractivity contribution in [1.29, 1.82) is 0 Å². The molecule has 1 heterocycles. The highest BCUT2D eigenvalue weighted by Gasteiger charge is 2.46. The minimum Gasteiger partial charge on any atom is -0.543 e. The average Bonchev–Trinajstić information content (AvgIpc) is 3.47. The van der Waals surface area contributed by atoms with Gasteiger partial charge >= 0.3 is 0 Å². The zero-order chi connectivity index (χ0) is 23.0. The van der Waals surface area contributed by atoms with E-state index in [0.29, 0.717) is 16.6 Å². The fourth-order valence-electron chi connectivity index (χ4n) is 5.00. The number of fused-ring (bicyclic) bond motifs is 1. The van der Waals surface area contributed by atoms with Crippen LogP contribution in [0.5, 0.6) is 11.5 Å². The molecule has 0 unspecified atom stereocenters. The standard InChI is InChI=1S/C26H35BrN2O2Si/c1-17(2)32(18(3)4,19(5)6)31-23-12-10-22(11-13-23)29-15-21-9-14-24(25(27)26(21)28-29)30-16-20-7-8-20/h9-15,17-20H,7-8,16H2,1-6H3. The summed E-state index contributed by atoms with van der Waals surface area (Å²) in [5, 5.41) is 5.92. The fraction of sp³-hybridized carbons (Fsp3) is 0.500. The molecule has 0 aliphatic heterocycles. The molecule has 4 rings (SSSR count). The average molecular weight is 516 g/mol. The van der Waals surface area contributed by atoms with E-state index in [2.05, 4.69) is 94.0 Å². The molecular formula is C26H35BrN2O2Si. The van der Waals surface area contributed by atoms with E-state index in [1.54, 1.807) is 0 Å². The Bertz CT molecular complexity index is 1050. The van der Waals surface area contributed by atoms with Gasteiger partial charge in [-0.3, -0.25) is 0 Å². The van der Waals surface area contributed by atoms with Gasteiger partial charge in [0.2, 0.25) is 0 Å². The molecule has 1 saturated carbocycles. The van der Waals surface area contributed by atoms with Gasteiger partial charge in [-0.15, -0.1) is 0 Å². The molecule has 0 bridgehead atoms. The summed E-state index contributed by atoms with van der Waals surface area (Å²) in [5.74, 6) is 2.56. The maximum absolute atomic E-state index is 6.81. The van der Waals surface area contributed by atoms with Crippen molar-refractivity contribution in [1.82, 2.24) is 9.78 Å². The molecule has 32 heavy (non-hydrogen) atoms. The maximum Gasteiger partial charge on any atom is 0.258 e. The van der Waals surface area contributed by atoms with Crippen LogP contribution in [0.2, 0.25) is 16.6 Å². The van der Waals surface area contributed by atoms with Crippen molar-refractivity contribution >= 4 is 35.2 Å². The lowest BCUT2D eigenvalue weighted by Crippen LogP contribution is -2.50. The molecule has 0 radical (unpaired) electrons. The predicted octanol–water partition coefficient (Wildman–Crippen LogP) is 8.13. The summed E-state index contributed by atoms with van der Waals surface area (Å²) in [4.78, 5) is 0. The molecule has 3 aromatic rings. The molecule has 1 aliphatic rings. The van der Waals surface area contributed by atoms with Crippen LogP contribution in [0, 0.1) is 5.92 Å². The Morgan fingerprint density at radius 3 is 2.16 bits per heavy atom. The molecule has 0 atom stereocenters. The van der Waals surface area contributed by atoms with Crippen LogP contribution >= 0.6 is 15.9 Å². The quantitative estimate of drug-likeness (QED) is 0.270. The lowest BCUT2D eigenvalue weighted by atomic mass is 10.2.